The molecule has 1 aromatic rings. The van der Waals surface area contributed by atoms with Crippen LogP contribution in [-0.2, 0) is 4.74 Å². The standard InChI is InChI=1S/C16H24N2O/c1-19-12-16(13-4-5-13)17-14-6-8-15(9-7-14)18-10-2-3-11-18/h6-9,13,16-17H,2-5,10-12H2,1H3. The van der Waals surface area contributed by atoms with E-state index in [1.54, 1.807) is 7.11 Å². The first-order chi connectivity index (χ1) is 9.36. The second kappa shape index (κ2) is 5.83. The molecular weight excluding hydrogens is 236 g/mol. The van der Waals surface area contributed by atoms with Crippen molar-refractivity contribution in [3.8, 4) is 0 Å². The molecule has 19 heavy (non-hydrogen) atoms. The average molecular weight is 260 g/mol. The highest BCUT2D eigenvalue weighted by molar-refractivity contribution is 5.56. The second-order valence-corrected chi connectivity index (χ2v) is 5.78. The molecule has 104 valence electrons. The van der Waals surface area contributed by atoms with Crippen molar-refractivity contribution in [3.05, 3.63) is 24.3 Å². The van der Waals surface area contributed by atoms with Gasteiger partial charge in [0.05, 0.1) is 12.6 Å². The molecule has 3 heteroatoms. The molecule has 1 aliphatic heterocycles. The lowest BCUT2D eigenvalue weighted by Gasteiger charge is -2.21. The molecule has 3 rings (SSSR count). The molecular formula is C16H24N2O. The third-order valence-corrected chi connectivity index (χ3v) is 4.23. The molecule has 1 aliphatic carbocycles. The first-order valence-corrected chi connectivity index (χ1v) is 7.47. The van der Waals surface area contributed by atoms with E-state index in [0.29, 0.717) is 6.04 Å². The number of rotatable bonds is 6. The molecule has 1 N–H and O–H groups in total. The smallest absolute Gasteiger partial charge is 0.0666 e. The average Bonchev–Trinajstić information content (AvgIpc) is 3.14. The summed E-state index contributed by atoms with van der Waals surface area (Å²) in [6.45, 7) is 3.22. The first kappa shape index (κ1) is 12.8. The summed E-state index contributed by atoms with van der Waals surface area (Å²) in [6, 6.07) is 9.37. The summed E-state index contributed by atoms with van der Waals surface area (Å²) in [5.41, 5.74) is 2.58. The molecule has 0 spiro atoms. The molecule has 1 atom stereocenters. The SMILES string of the molecule is COCC(Nc1ccc(N2CCCC2)cc1)C1CC1. The van der Waals surface area contributed by atoms with Gasteiger partial charge in [-0.1, -0.05) is 0 Å². The van der Waals surface area contributed by atoms with Crippen molar-refractivity contribution in [3.63, 3.8) is 0 Å². The highest BCUT2D eigenvalue weighted by Crippen LogP contribution is 2.34. The Labute approximate surface area is 115 Å². The highest BCUT2D eigenvalue weighted by Gasteiger charge is 2.31. The van der Waals surface area contributed by atoms with Crippen LogP contribution in [0.3, 0.4) is 0 Å². The Morgan fingerprint density at radius 3 is 2.47 bits per heavy atom. The molecule has 1 aromatic carbocycles. The summed E-state index contributed by atoms with van der Waals surface area (Å²) >= 11 is 0. The highest BCUT2D eigenvalue weighted by atomic mass is 16.5. The van der Waals surface area contributed by atoms with Crippen molar-refractivity contribution < 1.29 is 4.74 Å². The van der Waals surface area contributed by atoms with Crippen LogP contribution >= 0.6 is 0 Å². The largest absolute Gasteiger partial charge is 0.383 e. The number of ether oxygens (including phenoxy) is 1. The van der Waals surface area contributed by atoms with Crippen LogP contribution < -0.4 is 10.2 Å². The molecule has 0 radical (unpaired) electrons. The van der Waals surface area contributed by atoms with Crippen molar-refractivity contribution in [2.75, 3.05) is 37.0 Å². The van der Waals surface area contributed by atoms with Crippen LogP contribution in [0.25, 0.3) is 0 Å². The van der Waals surface area contributed by atoms with Gasteiger partial charge >= 0.3 is 0 Å². The molecule has 1 saturated carbocycles. The quantitative estimate of drug-likeness (QED) is 0.850. The van der Waals surface area contributed by atoms with E-state index in [1.807, 2.05) is 0 Å². The van der Waals surface area contributed by atoms with E-state index < -0.39 is 0 Å². The van der Waals surface area contributed by atoms with E-state index in [1.165, 1.54) is 50.1 Å². The van der Waals surface area contributed by atoms with Gasteiger partial charge in [-0.2, -0.15) is 0 Å². The van der Waals surface area contributed by atoms with E-state index in [-0.39, 0.29) is 0 Å². The van der Waals surface area contributed by atoms with Crippen molar-refractivity contribution in [2.45, 2.75) is 31.7 Å². The van der Waals surface area contributed by atoms with Gasteiger partial charge in [0.2, 0.25) is 0 Å². The van der Waals surface area contributed by atoms with Gasteiger partial charge < -0.3 is 15.0 Å². The predicted molar refractivity (Wildman–Crippen MR) is 79.9 cm³/mol. The van der Waals surface area contributed by atoms with Crippen molar-refractivity contribution in [1.29, 1.82) is 0 Å². The van der Waals surface area contributed by atoms with Crippen LogP contribution in [0, 0.1) is 5.92 Å². The molecule has 0 bridgehead atoms. The second-order valence-electron chi connectivity index (χ2n) is 5.78. The molecule has 2 aliphatic rings. The Morgan fingerprint density at radius 2 is 1.89 bits per heavy atom. The van der Waals surface area contributed by atoms with Crippen LogP contribution in [0.15, 0.2) is 24.3 Å². The molecule has 1 unspecified atom stereocenters. The summed E-state index contributed by atoms with van der Waals surface area (Å²) in [4.78, 5) is 2.47. The zero-order valence-electron chi connectivity index (χ0n) is 11.8. The van der Waals surface area contributed by atoms with Crippen LogP contribution in [0.4, 0.5) is 11.4 Å². The Morgan fingerprint density at radius 1 is 1.21 bits per heavy atom. The van der Waals surface area contributed by atoms with Gasteiger partial charge in [-0.25, -0.2) is 0 Å². The monoisotopic (exact) mass is 260 g/mol. The van der Waals surface area contributed by atoms with Crippen molar-refractivity contribution in [2.24, 2.45) is 5.92 Å². The Hall–Kier alpha value is -1.22. The van der Waals surface area contributed by atoms with Gasteiger partial charge in [0.15, 0.2) is 0 Å². The van der Waals surface area contributed by atoms with Gasteiger partial charge in [-0.15, -0.1) is 0 Å². The van der Waals surface area contributed by atoms with Crippen LogP contribution in [0.1, 0.15) is 25.7 Å². The number of nitrogens with zero attached hydrogens (tertiary/aromatic N) is 1. The number of nitrogens with one attached hydrogen (secondary N) is 1. The van der Waals surface area contributed by atoms with Crippen molar-refractivity contribution >= 4 is 11.4 Å². The fourth-order valence-corrected chi connectivity index (χ4v) is 2.93. The minimum Gasteiger partial charge on any atom is -0.383 e. The van der Waals surface area contributed by atoms with Gasteiger partial charge in [0.25, 0.3) is 0 Å². The van der Waals surface area contributed by atoms with Crippen LogP contribution in [-0.4, -0.2) is 32.8 Å². The summed E-state index contributed by atoms with van der Waals surface area (Å²) in [6.07, 6.45) is 5.34. The zero-order valence-corrected chi connectivity index (χ0v) is 11.8. The number of hydrogen-bond donors (Lipinski definition) is 1. The van der Waals surface area contributed by atoms with E-state index in [2.05, 4.69) is 34.5 Å². The zero-order chi connectivity index (χ0) is 13.1. The topological polar surface area (TPSA) is 24.5 Å². The summed E-state index contributed by atoms with van der Waals surface area (Å²) in [5, 5.41) is 3.62. The number of anilines is 2. The molecule has 0 amide bonds. The minimum atomic E-state index is 0.475. The van der Waals surface area contributed by atoms with Crippen LogP contribution in [0.2, 0.25) is 0 Å². The maximum atomic E-state index is 5.31. The maximum Gasteiger partial charge on any atom is 0.0666 e. The summed E-state index contributed by atoms with van der Waals surface area (Å²) in [7, 11) is 1.79. The number of benzene rings is 1. The lowest BCUT2D eigenvalue weighted by molar-refractivity contribution is 0.179. The molecule has 3 nitrogen and oxygen atoms in total. The molecule has 0 aromatic heterocycles. The van der Waals surface area contributed by atoms with Gasteiger partial charge in [0.1, 0.15) is 0 Å². The number of methoxy groups -OCH3 is 1. The third-order valence-electron chi connectivity index (χ3n) is 4.23. The maximum absolute atomic E-state index is 5.31. The summed E-state index contributed by atoms with van der Waals surface area (Å²) < 4.78 is 5.31. The first-order valence-electron chi connectivity index (χ1n) is 7.47. The fraction of sp³-hybridized carbons (Fsp3) is 0.625. The Kier molecular flexibility index (Phi) is 3.92. The Balaban J connectivity index is 1.61. The van der Waals surface area contributed by atoms with E-state index in [0.717, 1.165) is 12.5 Å². The predicted octanol–water partition coefficient (Wildman–Crippen LogP) is 3.12. The lowest BCUT2D eigenvalue weighted by atomic mass is 10.1. The molecule has 1 heterocycles. The van der Waals surface area contributed by atoms with E-state index in [9.17, 15) is 0 Å². The van der Waals surface area contributed by atoms with Gasteiger partial charge in [0, 0.05) is 31.6 Å². The van der Waals surface area contributed by atoms with Crippen molar-refractivity contribution in [1.82, 2.24) is 0 Å². The van der Waals surface area contributed by atoms with Crippen LogP contribution in [0.5, 0.6) is 0 Å². The van der Waals surface area contributed by atoms with Gasteiger partial charge in [-0.3, -0.25) is 0 Å². The van der Waals surface area contributed by atoms with Gasteiger partial charge in [-0.05, 0) is 55.9 Å². The summed E-state index contributed by atoms with van der Waals surface area (Å²) in [5.74, 6) is 0.804. The fourth-order valence-electron chi connectivity index (χ4n) is 2.93. The molecule has 1 saturated heterocycles. The Bertz CT molecular complexity index is 394. The van der Waals surface area contributed by atoms with E-state index >= 15 is 0 Å². The number of hydrogen-bond acceptors (Lipinski definition) is 3. The third kappa shape index (κ3) is 3.21. The lowest BCUT2D eigenvalue weighted by Crippen LogP contribution is -2.27. The normalized spacial score (nSPS) is 20.6. The molecule has 2 fully saturated rings. The van der Waals surface area contributed by atoms with E-state index in [4.69, 9.17) is 4.74 Å². The minimum absolute atomic E-state index is 0.475.